The highest BCUT2D eigenvalue weighted by Gasteiger charge is 2.18. The van der Waals surface area contributed by atoms with Gasteiger partial charge in [-0.2, -0.15) is 4.98 Å². The highest BCUT2D eigenvalue weighted by atomic mass is 32.2. The SMILES string of the molecule is COc1nc(N[C@H](C)c2ccc(S(N)(=O)=O)cc2)nc2ccc(C#CC3CC3)nc12. The van der Waals surface area contributed by atoms with Crippen LogP contribution < -0.4 is 15.2 Å². The smallest absolute Gasteiger partial charge is 0.245 e. The third-order valence-corrected chi connectivity index (χ3v) is 5.67. The number of nitrogens with one attached hydrogen (secondary N) is 1. The first-order chi connectivity index (χ1) is 14.3. The number of nitrogens with zero attached hydrogens (tertiary/aromatic N) is 3. The average molecular weight is 423 g/mol. The molecule has 1 atom stereocenters. The highest BCUT2D eigenvalue weighted by molar-refractivity contribution is 7.89. The molecule has 3 aromatic rings. The van der Waals surface area contributed by atoms with Crippen molar-refractivity contribution in [2.24, 2.45) is 11.1 Å². The summed E-state index contributed by atoms with van der Waals surface area (Å²) in [6.45, 7) is 1.92. The number of hydrogen-bond donors (Lipinski definition) is 2. The lowest BCUT2D eigenvalue weighted by atomic mass is 10.1. The topological polar surface area (TPSA) is 120 Å². The minimum atomic E-state index is -3.72. The van der Waals surface area contributed by atoms with Gasteiger partial charge >= 0.3 is 0 Å². The number of sulfonamides is 1. The Balaban J connectivity index is 1.59. The summed E-state index contributed by atoms with van der Waals surface area (Å²) in [5.74, 6) is 7.51. The number of pyridine rings is 1. The first-order valence-electron chi connectivity index (χ1n) is 9.47. The van der Waals surface area contributed by atoms with Gasteiger partial charge in [-0.25, -0.2) is 23.5 Å². The van der Waals surface area contributed by atoms with E-state index in [0.717, 1.165) is 18.4 Å². The van der Waals surface area contributed by atoms with Gasteiger partial charge in [0.15, 0.2) is 5.52 Å². The number of nitrogens with two attached hydrogens (primary N) is 1. The lowest BCUT2D eigenvalue weighted by Gasteiger charge is -2.15. The monoisotopic (exact) mass is 423 g/mol. The van der Waals surface area contributed by atoms with Gasteiger partial charge in [-0.05, 0) is 55.5 Å². The Morgan fingerprint density at radius 1 is 1.13 bits per heavy atom. The van der Waals surface area contributed by atoms with Gasteiger partial charge in [0.05, 0.1) is 23.6 Å². The summed E-state index contributed by atoms with van der Waals surface area (Å²) in [5.41, 5.74) is 2.71. The summed E-state index contributed by atoms with van der Waals surface area (Å²) in [6.07, 6.45) is 2.32. The maximum Gasteiger partial charge on any atom is 0.245 e. The fraction of sp³-hybridized carbons (Fsp3) is 0.286. The van der Waals surface area contributed by atoms with E-state index in [-0.39, 0.29) is 10.9 Å². The Morgan fingerprint density at radius 3 is 2.50 bits per heavy atom. The van der Waals surface area contributed by atoms with Crippen molar-refractivity contribution >= 4 is 27.0 Å². The van der Waals surface area contributed by atoms with Crippen LogP contribution in [0.5, 0.6) is 5.88 Å². The van der Waals surface area contributed by atoms with Gasteiger partial charge in [-0.3, -0.25) is 0 Å². The molecule has 0 aliphatic heterocycles. The number of ether oxygens (including phenoxy) is 1. The molecule has 1 saturated carbocycles. The molecule has 4 rings (SSSR count). The van der Waals surface area contributed by atoms with Crippen LogP contribution in [0.25, 0.3) is 11.0 Å². The Bertz CT molecular complexity index is 1260. The number of fused-ring (bicyclic) bond motifs is 1. The predicted molar refractivity (Wildman–Crippen MR) is 113 cm³/mol. The van der Waals surface area contributed by atoms with E-state index in [0.29, 0.717) is 34.5 Å². The van der Waals surface area contributed by atoms with Crippen molar-refractivity contribution in [1.29, 1.82) is 0 Å². The van der Waals surface area contributed by atoms with Gasteiger partial charge in [0.1, 0.15) is 5.69 Å². The maximum atomic E-state index is 11.4. The number of rotatable bonds is 5. The van der Waals surface area contributed by atoms with E-state index in [9.17, 15) is 8.42 Å². The van der Waals surface area contributed by atoms with Crippen LogP contribution in [-0.2, 0) is 10.0 Å². The second-order valence-corrected chi connectivity index (χ2v) is 8.71. The standard InChI is InChI=1S/C21H21N5O3S/c1-13(15-6-10-17(11-7-15)30(22,27)28)23-21-25-18-12-9-16(8-5-14-3-4-14)24-19(18)20(26-21)29-2/h6-7,9-14H,3-4H2,1-2H3,(H2,22,27,28)(H,23,25,26)/t13-/m1/s1. The van der Waals surface area contributed by atoms with Gasteiger partial charge in [-0.1, -0.05) is 18.1 Å². The van der Waals surface area contributed by atoms with E-state index >= 15 is 0 Å². The molecule has 8 nitrogen and oxygen atoms in total. The molecule has 2 aromatic heterocycles. The van der Waals surface area contributed by atoms with Gasteiger partial charge in [0.25, 0.3) is 0 Å². The van der Waals surface area contributed by atoms with E-state index in [1.54, 1.807) is 12.1 Å². The zero-order valence-electron chi connectivity index (χ0n) is 16.6. The predicted octanol–water partition coefficient (Wildman–Crippen LogP) is 2.62. The molecule has 154 valence electrons. The number of hydrogen-bond acceptors (Lipinski definition) is 7. The van der Waals surface area contributed by atoms with Crippen molar-refractivity contribution in [3.63, 3.8) is 0 Å². The van der Waals surface area contributed by atoms with Crippen LogP contribution in [0.4, 0.5) is 5.95 Å². The molecule has 0 bridgehead atoms. The van der Waals surface area contributed by atoms with Crippen LogP contribution in [0.1, 0.15) is 37.1 Å². The van der Waals surface area contributed by atoms with Gasteiger partial charge in [0, 0.05) is 5.92 Å². The van der Waals surface area contributed by atoms with Crippen molar-refractivity contribution in [2.75, 3.05) is 12.4 Å². The van der Waals surface area contributed by atoms with Crippen LogP contribution in [-0.4, -0.2) is 30.5 Å². The number of methoxy groups -OCH3 is 1. The second kappa shape index (κ2) is 7.89. The number of aromatic nitrogens is 3. The molecule has 0 amide bonds. The molecule has 2 heterocycles. The lowest BCUT2D eigenvalue weighted by molar-refractivity contribution is 0.402. The highest BCUT2D eigenvalue weighted by Crippen LogP contribution is 2.28. The fourth-order valence-corrected chi connectivity index (χ4v) is 3.41. The van der Waals surface area contributed by atoms with Crippen molar-refractivity contribution in [3.05, 3.63) is 47.7 Å². The van der Waals surface area contributed by atoms with Crippen molar-refractivity contribution in [1.82, 2.24) is 15.0 Å². The molecule has 0 spiro atoms. The molecule has 9 heteroatoms. The van der Waals surface area contributed by atoms with E-state index in [4.69, 9.17) is 9.88 Å². The van der Waals surface area contributed by atoms with Gasteiger partial charge in [-0.15, -0.1) is 0 Å². The van der Waals surface area contributed by atoms with Crippen LogP contribution in [0.15, 0.2) is 41.3 Å². The summed E-state index contributed by atoms with van der Waals surface area (Å²) < 4.78 is 28.2. The van der Waals surface area contributed by atoms with E-state index in [2.05, 4.69) is 32.1 Å². The molecular formula is C21H21N5O3S. The lowest BCUT2D eigenvalue weighted by Crippen LogP contribution is -2.13. The molecule has 1 aromatic carbocycles. The summed E-state index contributed by atoms with van der Waals surface area (Å²) in [5, 5.41) is 8.35. The molecule has 1 aliphatic carbocycles. The Hall–Kier alpha value is -3.22. The molecule has 0 saturated heterocycles. The zero-order chi connectivity index (χ0) is 21.3. The van der Waals surface area contributed by atoms with Crippen LogP contribution in [0.3, 0.4) is 0 Å². The summed E-state index contributed by atoms with van der Waals surface area (Å²) in [6, 6.07) is 9.84. The van der Waals surface area contributed by atoms with Crippen LogP contribution in [0.2, 0.25) is 0 Å². The van der Waals surface area contributed by atoms with Gasteiger partial charge in [0.2, 0.25) is 21.9 Å². The number of anilines is 1. The quantitative estimate of drug-likeness (QED) is 0.605. The molecule has 3 N–H and O–H groups in total. The van der Waals surface area contributed by atoms with Crippen molar-refractivity contribution in [2.45, 2.75) is 30.7 Å². The minimum Gasteiger partial charge on any atom is -0.479 e. The molecule has 1 fully saturated rings. The number of benzene rings is 1. The minimum absolute atomic E-state index is 0.0636. The fourth-order valence-electron chi connectivity index (χ4n) is 2.89. The summed E-state index contributed by atoms with van der Waals surface area (Å²) in [7, 11) is -2.19. The molecule has 30 heavy (non-hydrogen) atoms. The average Bonchev–Trinajstić information content (AvgIpc) is 3.55. The van der Waals surface area contributed by atoms with Crippen LogP contribution in [0, 0.1) is 17.8 Å². The van der Waals surface area contributed by atoms with E-state index in [1.165, 1.54) is 19.2 Å². The number of primary sulfonamides is 1. The molecule has 0 radical (unpaired) electrons. The Kier molecular flexibility index (Phi) is 5.28. The summed E-state index contributed by atoms with van der Waals surface area (Å²) in [4.78, 5) is 13.5. The van der Waals surface area contributed by atoms with Crippen molar-refractivity contribution < 1.29 is 13.2 Å². The first-order valence-corrected chi connectivity index (χ1v) is 11.0. The molecular weight excluding hydrogens is 402 g/mol. The Morgan fingerprint density at radius 2 is 1.87 bits per heavy atom. The molecule has 0 unspecified atom stereocenters. The first kappa shape index (κ1) is 20.1. The van der Waals surface area contributed by atoms with Crippen LogP contribution >= 0.6 is 0 Å². The largest absolute Gasteiger partial charge is 0.479 e. The maximum absolute atomic E-state index is 11.4. The second-order valence-electron chi connectivity index (χ2n) is 7.14. The normalized spacial score (nSPS) is 14.6. The molecule has 1 aliphatic rings. The Labute approximate surface area is 175 Å². The van der Waals surface area contributed by atoms with Crippen molar-refractivity contribution in [3.8, 4) is 17.7 Å². The third-order valence-electron chi connectivity index (χ3n) is 4.74. The van der Waals surface area contributed by atoms with Gasteiger partial charge < -0.3 is 10.1 Å². The van der Waals surface area contributed by atoms with E-state index in [1.807, 2.05) is 19.1 Å². The third kappa shape index (κ3) is 4.50. The summed E-state index contributed by atoms with van der Waals surface area (Å²) >= 11 is 0. The zero-order valence-corrected chi connectivity index (χ0v) is 17.4. The van der Waals surface area contributed by atoms with E-state index < -0.39 is 10.0 Å².